The van der Waals surface area contributed by atoms with Crippen molar-refractivity contribution in [3.8, 4) is 0 Å². The summed E-state index contributed by atoms with van der Waals surface area (Å²) in [6.07, 6.45) is 3.58. The Bertz CT molecular complexity index is 908. The van der Waals surface area contributed by atoms with Gasteiger partial charge in [0.25, 0.3) is 0 Å². The molecule has 0 saturated carbocycles. The van der Waals surface area contributed by atoms with Crippen LogP contribution in [0.25, 0.3) is 10.9 Å². The van der Waals surface area contributed by atoms with E-state index < -0.39 is 0 Å². The highest BCUT2D eigenvalue weighted by atomic mass is 32.1. The minimum Gasteiger partial charge on any atom is -0.361 e. The molecule has 2 heterocycles. The molecule has 7 heteroatoms. The molecule has 0 aliphatic carbocycles. The third kappa shape index (κ3) is 5.07. The van der Waals surface area contributed by atoms with Crippen LogP contribution in [0.4, 0.5) is 4.39 Å². The van der Waals surface area contributed by atoms with Gasteiger partial charge in [0.05, 0.1) is 10.7 Å². The van der Waals surface area contributed by atoms with Crippen molar-refractivity contribution in [2.45, 2.75) is 33.6 Å². The van der Waals surface area contributed by atoms with Gasteiger partial charge in [-0.3, -0.25) is 4.99 Å². The van der Waals surface area contributed by atoms with Crippen molar-refractivity contribution < 1.29 is 4.39 Å². The molecule has 3 N–H and O–H groups in total. The zero-order valence-corrected chi connectivity index (χ0v) is 16.8. The Morgan fingerprint density at radius 3 is 2.85 bits per heavy atom. The number of aryl methyl sites for hydroxylation is 2. The van der Waals surface area contributed by atoms with E-state index in [1.54, 1.807) is 23.5 Å². The zero-order valence-electron chi connectivity index (χ0n) is 16.0. The van der Waals surface area contributed by atoms with Gasteiger partial charge in [0.2, 0.25) is 0 Å². The highest BCUT2D eigenvalue weighted by molar-refractivity contribution is 7.11. The predicted octanol–water partition coefficient (Wildman–Crippen LogP) is 3.72. The van der Waals surface area contributed by atoms with Gasteiger partial charge in [-0.05, 0) is 51.0 Å². The first-order valence-corrected chi connectivity index (χ1v) is 10.1. The normalized spacial score (nSPS) is 11.9. The Morgan fingerprint density at radius 2 is 2.11 bits per heavy atom. The number of rotatable bonds is 7. The second-order valence-electron chi connectivity index (χ2n) is 6.44. The van der Waals surface area contributed by atoms with Crippen LogP contribution >= 0.6 is 11.3 Å². The summed E-state index contributed by atoms with van der Waals surface area (Å²) in [5.41, 5.74) is 3.17. The summed E-state index contributed by atoms with van der Waals surface area (Å²) < 4.78 is 13.5. The summed E-state index contributed by atoms with van der Waals surface area (Å²) in [6.45, 7) is 8.42. The molecule has 0 saturated heterocycles. The SMILES string of the molecule is CCNC(=NCCc1nc(C)c(C)s1)NCCc1c[nH]c2ccc(F)cc12. The number of benzene rings is 1. The number of aromatic nitrogens is 2. The average molecular weight is 388 g/mol. The maximum Gasteiger partial charge on any atom is 0.191 e. The number of guanidine groups is 1. The van der Waals surface area contributed by atoms with Gasteiger partial charge >= 0.3 is 0 Å². The van der Waals surface area contributed by atoms with Gasteiger partial charge < -0.3 is 15.6 Å². The molecule has 5 nitrogen and oxygen atoms in total. The summed E-state index contributed by atoms with van der Waals surface area (Å²) in [4.78, 5) is 13.7. The lowest BCUT2D eigenvalue weighted by Crippen LogP contribution is -2.38. The van der Waals surface area contributed by atoms with Crippen molar-refractivity contribution in [3.05, 3.63) is 51.4 Å². The molecule has 0 spiro atoms. The summed E-state index contributed by atoms with van der Waals surface area (Å²) in [5.74, 6) is 0.590. The standard InChI is InChI=1S/C20H26FN5S/c1-4-22-20(24-10-8-19-26-13(2)14(3)27-19)23-9-7-15-12-25-18-6-5-16(21)11-17(15)18/h5-6,11-12,25H,4,7-10H2,1-3H3,(H2,22,23,24). The van der Waals surface area contributed by atoms with Gasteiger partial charge in [0.1, 0.15) is 5.82 Å². The number of aliphatic imine (C=N–C) groups is 1. The molecule has 0 bridgehead atoms. The Morgan fingerprint density at radius 1 is 1.26 bits per heavy atom. The fraction of sp³-hybridized carbons (Fsp3) is 0.400. The number of fused-ring (bicyclic) bond motifs is 1. The molecule has 144 valence electrons. The lowest BCUT2D eigenvalue weighted by atomic mass is 10.1. The van der Waals surface area contributed by atoms with Gasteiger partial charge in [0.15, 0.2) is 5.96 Å². The predicted molar refractivity (Wildman–Crippen MR) is 111 cm³/mol. The highest BCUT2D eigenvalue weighted by Crippen LogP contribution is 2.19. The molecule has 27 heavy (non-hydrogen) atoms. The van der Waals surface area contributed by atoms with Crippen molar-refractivity contribution >= 4 is 28.2 Å². The maximum absolute atomic E-state index is 13.5. The number of H-pyrrole nitrogens is 1. The molecule has 0 aliphatic heterocycles. The van der Waals surface area contributed by atoms with E-state index in [0.717, 1.165) is 59.1 Å². The maximum atomic E-state index is 13.5. The van der Waals surface area contributed by atoms with Gasteiger partial charge in [-0.25, -0.2) is 9.37 Å². The fourth-order valence-electron chi connectivity index (χ4n) is 2.92. The number of thiazole rings is 1. The Kier molecular flexibility index (Phi) is 6.45. The van der Waals surface area contributed by atoms with Crippen LogP contribution in [-0.2, 0) is 12.8 Å². The van der Waals surface area contributed by atoms with Gasteiger partial charge in [-0.2, -0.15) is 0 Å². The Hall–Kier alpha value is -2.41. The Balaban J connectivity index is 1.54. The van der Waals surface area contributed by atoms with Crippen LogP contribution in [-0.4, -0.2) is 35.6 Å². The Labute approximate surface area is 163 Å². The monoisotopic (exact) mass is 387 g/mol. The van der Waals surface area contributed by atoms with Crippen LogP contribution in [0.2, 0.25) is 0 Å². The van der Waals surface area contributed by atoms with Crippen molar-refractivity contribution in [1.29, 1.82) is 0 Å². The van der Waals surface area contributed by atoms with Crippen LogP contribution in [0.1, 0.15) is 28.1 Å². The lowest BCUT2D eigenvalue weighted by Gasteiger charge is -2.11. The summed E-state index contributed by atoms with van der Waals surface area (Å²) in [5, 5.41) is 8.69. The number of nitrogens with zero attached hydrogens (tertiary/aromatic N) is 2. The topological polar surface area (TPSA) is 65.1 Å². The highest BCUT2D eigenvalue weighted by Gasteiger charge is 2.06. The lowest BCUT2D eigenvalue weighted by molar-refractivity contribution is 0.629. The summed E-state index contributed by atoms with van der Waals surface area (Å²) in [6, 6.07) is 4.83. The molecule has 0 fully saturated rings. The number of nitrogens with one attached hydrogen (secondary N) is 3. The van der Waals surface area contributed by atoms with E-state index in [-0.39, 0.29) is 5.82 Å². The van der Waals surface area contributed by atoms with Crippen LogP contribution in [0, 0.1) is 19.7 Å². The van der Waals surface area contributed by atoms with E-state index in [4.69, 9.17) is 0 Å². The second-order valence-corrected chi connectivity index (χ2v) is 7.73. The number of halogens is 1. The number of hydrogen-bond donors (Lipinski definition) is 3. The van der Waals surface area contributed by atoms with Crippen molar-refractivity contribution in [3.63, 3.8) is 0 Å². The summed E-state index contributed by atoms with van der Waals surface area (Å²) in [7, 11) is 0. The molecular formula is C20H26FN5S. The van der Waals surface area contributed by atoms with Crippen LogP contribution in [0.3, 0.4) is 0 Å². The van der Waals surface area contributed by atoms with E-state index in [1.165, 1.54) is 10.9 Å². The zero-order chi connectivity index (χ0) is 19.2. The third-order valence-electron chi connectivity index (χ3n) is 4.43. The van der Waals surface area contributed by atoms with Gasteiger partial charge in [-0.15, -0.1) is 11.3 Å². The van der Waals surface area contributed by atoms with Gasteiger partial charge in [0, 0.05) is 48.0 Å². The average Bonchev–Trinajstić information content (AvgIpc) is 3.18. The fourth-order valence-corrected chi connectivity index (χ4v) is 3.85. The molecule has 0 amide bonds. The molecule has 1 aromatic carbocycles. The van der Waals surface area contributed by atoms with Crippen LogP contribution in [0.5, 0.6) is 0 Å². The van der Waals surface area contributed by atoms with E-state index in [2.05, 4.69) is 32.5 Å². The van der Waals surface area contributed by atoms with Crippen LogP contribution < -0.4 is 10.6 Å². The first-order valence-electron chi connectivity index (χ1n) is 9.27. The molecule has 0 unspecified atom stereocenters. The van der Waals surface area contributed by atoms with Crippen molar-refractivity contribution in [2.75, 3.05) is 19.6 Å². The largest absolute Gasteiger partial charge is 0.361 e. The van der Waals surface area contributed by atoms with E-state index in [0.29, 0.717) is 6.54 Å². The molecule has 0 atom stereocenters. The third-order valence-corrected chi connectivity index (χ3v) is 5.56. The number of aromatic amines is 1. The summed E-state index contributed by atoms with van der Waals surface area (Å²) >= 11 is 1.74. The van der Waals surface area contributed by atoms with E-state index >= 15 is 0 Å². The first kappa shape index (κ1) is 19.4. The number of hydrogen-bond acceptors (Lipinski definition) is 3. The minimum absolute atomic E-state index is 0.209. The molecular weight excluding hydrogens is 361 g/mol. The van der Waals surface area contributed by atoms with Crippen molar-refractivity contribution in [1.82, 2.24) is 20.6 Å². The van der Waals surface area contributed by atoms with Gasteiger partial charge in [-0.1, -0.05) is 0 Å². The molecule has 2 aromatic heterocycles. The quantitative estimate of drug-likeness (QED) is 0.428. The van der Waals surface area contributed by atoms with E-state index in [1.807, 2.05) is 20.0 Å². The smallest absolute Gasteiger partial charge is 0.191 e. The molecule has 0 radical (unpaired) electrons. The minimum atomic E-state index is -0.209. The molecule has 3 aromatic rings. The van der Waals surface area contributed by atoms with E-state index in [9.17, 15) is 4.39 Å². The first-order chi connectivity index (χ1) is 13.1. The molecule has 3 rings (SSSR count). The second kappa shape index (κ2) is 8.99. The van der Waals surface area contributed by atoms with Crippen LogP contribution in [0.15, 0.2) is 29.4 Å². The molecule has 0 aliphatic rings. The van der Waals surface area contributed by atoms with Crippen molar-refractivity contribution in [2.24, 2.45) is 4.99 Å².